The zero-order valence-corrected chi connectivity index (χ0v) is 17.7. The summed E-state index contributed by atoms with van der Waals surface area (Å²) >= 11 is 3.56. The molecule has 2 heterocycles. The van der Waals surface area contributed by atoms with Gasteiger partial charge in [-0.05, 0) is 37.1 Å². The van der Waals surface area contributed by atoms with Crippen molar-refractivity contribution in [2.45, 2.75) is 26.3 Å². The average molecular weight is 452 g/mol. The van der Waals surface area contributed by atoms with Gasteiger partial charge < -0.3 is 9.80 Å². The van der Waals surface area contributed by atoms with Crippen molar-refractivity contribution >= 4 is 37.7 Å². The van der Waals surface area contributed by atoms with Gasteiger partial charge in [0.05, 0.1) is 17.4 Å². The number of amides is 1. The van der Waals surface area contributed by atoms with E-state index in [1.165, 1.54) is 0 Å². The molecule has 0 aromatic heterocycles. The van der Waals surface area contributed by atoms with Crippen molar-refractivity contribution < 1.29 is 13.2 Å². The maximum Gasteiger partial charge on any atom is 0.258 e. The van der Waals surface area contributed by atoms with Crippen LogP contribution in [-0.2, 0) is 14.8 Å². The molecule has 0 N–H and O–H groups in total. The molecule has 27 heavy (non-hydrogen) atoms. The van der Waals surface area contributed by atoms with Gasteiger partial charge in [-0.15, -0.1) is 4.40 Å². The highest BCUT2D eigenvalue weighted by atomic mass is 79.9. The third kappa shape index (κ3) is 4.16. The van der Waals surface area contributed by atoms with Gasteiger partial charge in [-0.2, -0.15) is 0 Å². The molecule has 0 saturated heterocycles. The Labute approximate surface area is 168 Å². The number of halogens is 1. The molecule has 6 nitrogen and oxygen atoms in total. The van der Waals surface area contributed by atoms with Gasteiger partial charge in [-0.25, -0.2) is 8.42 Å². The number of sulfonamides is 1. The van der Waals surface area contributed by atoms with E-state index in [9.17, 15) is 13.2 Å². The first kappa shape index (κ1) is 19.8. The van der Waals surface area contributed by atoms with Crippen LogP contribution in [0.4, 0.5) is 0 Å². The van der Waals surface area contributed by atoms with Gasteiger partial charge in [0.2, 0.25) is 0 Å². The molecule has 2 aliphatic heterocycles. The van der Waals surface area contributed by atoms with Crippen molar-refractivity contribution in [3.8, 4) is 0 Å². The first-order valence-corrected chi connectivity index (χ1v) is 11.3. The van der Waals surface area contributed by atoms with E-state index in [-0.39, 0.29) is 23.5 Å². The summed E-state index contributed by atoms with van der Waals surface area (Å²) in [6.07, 6.45) is 5.95. The zero-order chi connectivity index (χ0) is 19.6. The molecule has 0 saturated carbocycles. The molecule has 0 bridgehead atoms. The summed E-state index contributed by atoms with van der Waals surface area (Å²) < 4.78 is 28.7. The Balaban J connectivity index is 1.98. The van der Waals surface area contributed by atoms with Gasteiger partial charge in [0.1, 0.15) is 0 Å². The third-order valence-electron chi connectivity index (χ3n) is 4.64. The summed E-state index contributed by atoms with van der Waals surface area (Å²) in [5.74, 6) is -0.0478. The molecule has 1 aromatic carbocycles. The van der Waals surface area contributed by atoms with Crippen LogP contribution in [0.1, 0.15) is 31.9 Å². The Morgan fingerprint density at radius 3 is 2.81 bits per heavy atom. The van der Waals surface area contributed by atoms with Crippen LogP contribution in [-0.4, -0.2) is 48.8 Å². The minimum Gasteiger partial charge on any atom is -0.332 e. The third-order valence-corrected chi connectivity index (χ3v) is 6.51. The van der Waals surface area contributed by atoms with E-state index in [4.69, 9.17) is 0 Å². The molecule has 0 spiro atoms. The summed E-state index contributed by atoms with van der Waals surface area (Å²) in [5, 5.41) is 0. The largest absolute Gasteiger partial charge is 0.332 e. The van der Waals surface area contributed by atoms with Gasteiger partial charge >= 0.3 is 0 Å². The fraction of sp³-hybridized carbons (Fsp3) is 0.368. The topological polar surface area (TPSA) is 70.1 Å². The van der Waals surface area contributed by atoms with E-state index in [1.54, 1.807) is 28.2 Å². The number of hydrogen-bond donors (Lipinski definition) is 0. The van der Waals surface area contributed by atoms with E-state index in [1.807, 2.05) is 38.1 Å². The molecule has 144 valence electrons. The number of fused-ring (bicyclic) bond motifs is 1. The number of benzene rings is 1. The van der Waals surface area contributed by atoms with Gasteiger partial charge in [0.25, 0.3) is 15.9 Å². The molecule has 0 radical (unpaired) electrons. The predicted molar refractivity (Wildman–Crippen MR) is 110 cm³/mol. The van der Waals surface area contributed by atoms with Crippen LogP contribution < -0.4 is 0 Å². The Morgan fingerprint density at radius 1 is 1.37 bits per heavy atom. The van der Waals surface area contributed by atoms with Crippen LogP contribution in [0.3, 0.4) is 0 Å². The number of allylic oxidation sites excluding steroid dienone is 2. The van der Waals surface area contributed by atoms with E-state index in [0.29, 0.717) is 18.7 Å². The van der Waals surface area contributed by atoms with E-state index in [2.05, 4.69) is 20.3 Å². The van der Waals surface area contributed by atoms with Crippen molar-refractivity contribution in [2.24, 2.45) is 4.40 Å². The van der Waals surface area contributed by atoms with Gasteiger partial charge in [0.15, 0.2) is 5.84 Å². The van der Waals surface area contributed by atoms with Gasteiger partial charge in [-0.1, -0.05) is 41.1 Å². The average Bonchev–Trinajstić information content (AvgIpc) is 2.64. The summed E-state index contributed by atoms with van der Waals surface area (Å²) in [5.41, 5.74) is 1.31. The number of hydrogen-bond acceptors (Lipinski definition) is 4. The number of amidine groups is 1. The molecule has 1 unspecified atom stereocenters. The minimum atomic E-state index is -3.54. The standard InChI is InChI=1S/C19H22BrN3O3S/c1-3-10-23(14(2)15-7-4-5-9-17(15)20)19(24)16-8-6-11-22-12-13-27(25,26)21-18(16)22/h4-9,11,14H,3,10,12-13H2,1-2H3. The second kappa shape index (κ2) is 7.98. The molecule has 0 fully saturated rings. The maximum absolute atomic E-state index is 13.4. The fourth-order valence-electron chi connectivity index (χ4n) is 3.23. The lowest BCUT2D eigenvalue weighted by Crippen LogP contribution is -2.44. The Kier molecular flexibility index (Phi) is 5.86. The van der Waals surface area contributed by atoms with Crippen molar-refractivity contribution in [2.75, 3.05) is 18.8 Å². The van der Waals surface area contributed by atoms with Crippen molar-refractivity contribution in [3.05, 3.63) is 58.2 Å². The molecule has 0 aliphatic carbocycles. The maximum atomic E-state index is 13.4. The van der Waals surface area contributed by atoms with Gasteiger partial charge in [-0.3, -0.25) is 4.79 Å². The highest BCUT2D eigenvalue weighted by Gasteiger charge is 2.33. The molecule has 1 aromatic rings. The summed E-state index contributed by atoms with van der Waals surface area (Å²) in [6.45, 7) is 4.85. The monoisotopic (exact) mass is 451 g/mol. The lowest BCUT2D eigenvalue weighted by Gasteiger charge is -2.34. The quantitative estimate of drug-likeness (QED) is 0.688. The molecule has 8 heteroatoms. The number of nitrogens with zero attached hydrogens (tertiary/aromatic N) is 3. The Morgan fingerprint density at radius 2 is 2.11 bits per heavy atom. The predicted octanol–water partition coefficient (Wildman–Crippen LogP) is 3.25. The minimum absolute atomic E-state index is 0.0473. The Bertz CT molecular complexity index is 937. The number of rotatable bonds is 5. The van der Waals surface area contributed by atoms with Crippen LogP contribution in [0.15, 0.2) is 57.1 Å². The first-order valence-electron chi connectivity index (χ1n) is 8.87. The zero-order valence-electron chi connectivity index (χ0n) is 15.3. The van der Waals surface area contributed by atoms with E-state index < -0.39 is 10.0 Å². The summed E-state index contributed by atoms with van der Waals surface area (Å²) in [4.78, 5) is 16.9. The number of carbonyl (C=O) groups is 1. The molecular formula is C19H22BrN3O3S. The number of carbonyl (C=O) groups excluding carboxylic acids is 1. The summed E-state index contributed by atoms with van der Waals surface area (Å²) in [6, 6.07) is 7.62. The van der Waals surface area contributed by atoms with Crippen molar-refractivity contribution in [1.82, 2.24) is 9.80 Å². The van der Waals surface area contributed by atoms with E-state index >= 15 is 0 Å². The lowest BCUT2D eigenvalue weighted by molar-refractivity contribution is -0.128. The molecule has 2 aliphatic rings. The second-order valence-electron chi connectivity index (χ2n) is 6.51. The van der Waals surface area contributed by atoms with Crippen LogP contribution in [0, 0.1) is 0 Å². The van der Waals surface area contributed by atoms with Crippen LogP contribution >= 0.6 is 15.9 Å². The second-order valence-corrected chi connectivity index (χ2v) is 9.12. The van der Waals surface area contributed by atoms with Crippen LogP contribution in [0.25, 0.3) is 0 Å². The smallest absolute Gasteiger partial charge is 0.258 e. The van der Waals surface area contributed by atoms with Crippen molar-refractivity contribution in [3.63, 3.8) is 0 Å². The fourth-order valence-corrected chi connectivity index (χ4v) is 4.83. The van der Waals surface area contributed by atoms with Crippen molar-refractivity contribution in [1.29, 1.82) is 0 Å². The summed E-state index contributed by atoms with van der Waals surface area (Å²) in [7, 11) is -3.54. The SMILES string of the molecule is CCCN(C(=O)C1=CC=CN2CCS(=O)(=O)N=C12)C(C)c1ccccc1Br. The molecule has 3 rings (SSSR count). The lowest BCUT2D eigenvalue weighted by atomic mass is 10.0. The van der Waals surface area contributed by atoms with E-state index in [0.717, 1.165) is 16.5 Å². The van der Waals surface area contributed by atoms with Gasteiger partial charge in [0, 0.05) is 23.8 Å². The highest BCUT2D eigenvalue weighted by molar-refractivity contribution is 9.10. The van der Waals surface area contributed by atoms with Crippen LogP contribution in [0.5, 0.6) is 0 Å². The molecule has 1 amide bonds. The first-order chi connectivity index (χ1) is 12.8. The Hall–Kier alpha value is -1.93. The molecular weight excluding hydrogens is 430 g/mol. The normalized spacial score (nSPS) is 19.0. The van der Waals surface area contributed by atoms with Crippen LogP contribution in [0.2, 0.25) is 0 Å². The highest BCUT2D eigenvalue weighted by Crippen LogP contribution is 2.30. The molecule has 1 atom stereocenters.